The first-order valence-electron chi connectivity index (χ1n) is 12.0. The van der Waals surface area contributed by atoms with Crippen molar-refractivity contribution in [3.8, 4) is 5.75 Å². The number of piperidine rings is 1. The zero-order valence-electron chi connectivity index (χ0n) is 19.4. The standard InChI is InChI=1S/C25H27F2N5O2S/c1-13-5-6-18-21(28)22(35-24(18)30-13)23(33)31-17-7-14-9-29-20(8-19(14)34-12-17)32-10-15-3-2-4-16(11-32)25(15,26)27/h5-6,8-9,15-17H,2-4,7,10-12,28H2,1H3,(H,31,33)/t15?,16?,17-/m1/s1. The van der Waals surface area contributed by atoms with Gasteiger partial charge in [0.1, 0.15) is 27.9 Å². The van der Waals surface area contributed by atoms with Crippen LogP contribution in [0.25, 0.3) is 10.2 Å². The molecule has 0 aromatic carbocycles. The van der Waals surface area contributed by atoms with Crippen molar-refractivity contribution in [1.29, 1.82) is 0 Å². The molecule has 3 aromatic rings. The molecule has 5 heterocycles. The summed E-state index contributed by atoms with van der Waals surface area (Å²) in [5.41, 5.74) is 8.42. The minimum atomic E-state index is -2.59. The number of anilines is 2. The summed E-state index contributed by atoms with van der Waals surface area (Å²) < 4.78 is 35.0. The molecule has 1 saturated carbocycles. The summed E-state index contributed by atoms with van der Waals surface area (Å²) in [6.07, 6.45) is 4.30. The van der Waals surface area contributed by atoms with E-state index in [1.165, 1.54) is 11.3 Å². The first-order valence-corrected chi connectivity index (χ1v) is 12.8. The zero-order chi connectivity index (χ0) is 24.3. The van der Waals surface area contributed by atoms with Crippen LogP contribution in [0.1, 0.15) is 40.2 Å². The van der Waals surface area contributed by atoms with Gasteiger partial charge >= 0.3 is 0 Å². The number of alkyl halides is 2. The number of hydrogen-bond acceptors (Lipinski definition) is 7. The van der Waals surface area contributed by atoms with Crippen molar-refractivity contribution < 1.29 is 18.3 Å². The molecule has 3 aliphatic rings. The molecule has 2 bridgehead atoms. The Morgan fingerprint density at radius 1 is 1.29 bits per heavy atom. The summed E-state index contributed by atoms with van der Waals surface area (Å²) in [6.45, 7) is 2.85. The van der Waals surface area contributed by atoms with Crippen LogP contribution in [0.15, 0.2) is 24.4 Å². The van der Waals surface area contributed by atoms with E-state index in [-0.39, 0.29) is 11.9 Å². The van der Waals surface area contributed by atoms with Crippen molar-refractivity contribution in [1.82, 2.24) is 15.3 Å². The van der Waals surface area contributed by atoms with Crippen LogP contribution in [-0.2, 0) is 6.42 Å². The lowest BCUT2D eigenvalue weighted by atomic mass is 9.74. The Labute approximate surface area is 205 Å². The predicted octanol–water partition coefficient (Wildman–Crippen LogP) is 4.19. The molecule has 184 valence electrons. The average molecular weight is 500 g/mol. The molecule has 6 rings (SSSR count). The van der Waals surface area contributed by atoms with Crippen LogP contribution >= 0.6 is 11.3 Å². The lowest BCUT2D eigenvalue weighted by Crippen LogP contribution is -2.55. The number of nitrogens with one attached hydrogen (secondary N) is 1. The molecule has 2 aliphatic heterocycles. The number of halogens is 2. The minimum Gasteiger partial charge on any atom is -0.491 e. The smallest absolute Gasteiger partial charge is 0.263 e. The van der Waals surface area contributed by atoms with E-state index in [9.17, 15) is 13.6 Å². The number of ether oxygens (including phenoxy) is 1. The molecule has 7 nitrogen and oxygen atoms in total. The van der Waals surface area contributed by atoms with E-state index >= 15 is 0 Å². The Hall–Kier alpha value is -3.01. The molecule has 3 aromatic heterocycles. The third-order valence-electron chi connectivity index (χ3n) is 7.51. The second kappa shape index (κ2) is 8.29. The van der Waals surface area contributed by atoms with Gasteiger partial charge in [0.2, 0.25) is 0 Å². The fraction of sp³-hybridized carbons (Fsp3) is 0.480. The van der Waals surface area contributed by atoms with Gasteiger partial charge in [-0.25, -0.2) is 18.7 Å². The monoisotopic (exact) mass is 499 g/mol. The first-order chi connectivity index (χ1) is 16.8. The van der Waals surface area contributed by atoms with Gasteiger partial charge in [0.15, 0.2) is 0 Å². The van der Waals surface area contributed by atoms with Gasteiger partial charge in [-0.3, -0.25) is 4.79 Å². The van der Waals surface area contributed by atoms with Crippen molar-refractivity contribution in [2.75, 3.05) is 30.3 Å². The molecule has 3 atom stereocenters. The fourth-order valence-electron chi connectivity index (χ4n) is 5.58. The molecule has 0 spiro atoms. The normalized spacial score (nSPS) is 25.1. The molecule has 35 heavy (non-hydrogen) atoms. The summed E-state index contributed by atoms with van der Waals surface area (Å²) >= 11 is 1.28. The number of aryl methyl sites for hydroxylation is 1. The van der Waals surface area contributed by atoms with E-state index in [4.69, 9.17) is 10.5 Å². The maximum absolute atomic E-state index is 14.5. The highest BCUT2D eigenvalue weighted by Crippen LogP contribution is 2.47. The number of rotatable bonds is 3. The summed E-state index contributed by atoms with van der Waals surface area (Å²) in [6, 6.07) is 5.39. The summed E-state index contributed by atoms with van der Waals surface area (Å²) in [7, 11) is 0. The van der Waals surface area contributed by atoms with E-state index in [1.54, 1.807) is 6.20 Å². The Kier molecular flexibility index (Phi) is 5.32. The Balaban J connectivity index is 1.15. The number of nitrogens with zero attached hydrogens (tertiary/aromatic N) is 3. The number of hydrogen-bond donors (Lipinski definition) is 2. The highest BCUT2D eigenvalue weighted by Gasteiger charge is 2.53. The molecule has 2 unspecified atom stereocenters. The van der Waals surface area contributed by atoms with Gasteiger partial charge in [0, 0.05) is 60.3 Å². The van der Waals surface area contributed by atoms with Gasteiger partial charge in [-0.2, -0.15) is 0 Å². The Morgan fingerprint density at radius 2 is 2.06 bits per heavy atom. The average Bonchev–Trinajstić information content (AvgIpc) is 3.13. The van der Waals surface area contributed by atoms with Crippen molar-refractivity contribution >= 4 is 39.0 Å². The predicted molar refractivity (Wildman–Crippen MR) is 131 cm³/mol. The van der Waals surface area contributed by atoms with E-state index < -0.39 is 17.8 Å². The number of carbonyl (C=O) groups excluding carboxylic acids is 1. The summed E-state index contributed by atoms with van der Waals surface area (Å²) in [5.74, 6) is -2.69. The molecule has 2 fully saturated rings. The molecule has 3 N–H and O–H groups in total. The van der Waals surface area contributed by atoms with E-state index in [0.717, 1.165) is 27.9 Å². The molecule has 1 saturated heterocycles. The zero-order valence-corrected chi connectivity index (χ0v) is 20.2. The summed E-state index contributed by atoms with van der Waals surface area (Å²) in [5, 5.41) is 3.81. The lowest BCUT2D eigenvalue weighted by Gasteiger charge is -2.47. The number of nitrogens with two attached hydrogens (primary N) is 1. The van der Waals surface area contributed by atoms with Gasteiger partial charge < -0.3 is 20.7 Å². The molecule has 10 heteroatoms. The minimum absolute atomic E-state index is 0.227. The highest BCUT2D eigenvalue weighted by molar-refractivity contribution is 7.21. The summed E-state index contributed by atoms with van der Waals surface area (Å²) in [4.78, 5) is 25.2. The van der Waals surface area contributed by atoms with E-state index in [0.29, 0.717) is 61.1 Å². The van der Waals surface area contributed by atoms with Gasteiger partial charge in [0.05, 0.1) is 11.7 Å². The highest BCUT2D eigenvalue weighted by atomic mass is 32.1. The van der Waals surface area contributed by atoms with Crippen molar-refractivity contribution in [2.45, 2.75) is 44.6 Å². The molecular formula is C25H27F2N5O2S. The number of aromatic nitrogens is 2. The number of thiophene rings is 1. The Bertz CT molecular complexity index is 1300. The van der Waals surface area contributed by atoms with E-state index in [1.807, 2.05) is 30.0 Å². The first kappa shape index (κ1) is 22.5. The topological polar surface area (TPSA) is 93.4 Å². The van der Waals surface area contributed by atoms with Gasteiger partial charge in [-0.1, -0.05) is 6.42 Å². The van der Waals surface area contributed by atoms with Crippen molar-refractivity contribution in [2.24, 2.45) is 11.8 Å². The molecule has 0 radical (unpaired) electrons. The number of nitrogen functional groups attached to an aromatic ring is 1. The quantitative estimate of drug-likeness (QED) is 0.562. The van der Waals surface area contributed by atoms with E-state index in [2.05, 4.69) is 15.3 Å². The fourth-order valence-corrected chi connectivity index (χ4v) is 6.62. The number of amides is 1. The molecule has 1 aliphatic carbocycles. The maximum Gasteiger partial charge on any atom is 0.263 e. The number of carbonyl (C=O) groups is 1. The number of pyridine rings is 2. The molecular weight excluding hydrogens is 472 g/mol. The molecule has 1 amide bonds. The van der Waals surface area contributed by atoms with Crippen LogP contribution in [0.3, 0.4) is 0 Å². The SMILES string of the molecule is Cc1ccc2c(N)c(C(=O)N[C@H]3COc4cc(N5CC6CCCC(C5)C6(F)F)ncc4C3)sc2n1. The van der Waals surface area contributed by atoms with Crippen LogP contribution < -0.4 is 20.7 Å². The maximum atomic E-state index is 14.5. The number of fused-ring (bicyclic) bond motifs is 4. The van der Waals surface area contributed by atoms with Crippen LogP contribution in [-0.4, -0.2) is 47.5 Å². The van der Waals surface area contributed by atoms with Crippen LogP contribution in [0.4, 0.5) is 20.3 Å². The Morgan fingerprint density at radius 3 is 2.83 bits per heavy atom. The van der Waals surface area contributed by atoms with Crippen LogP contribution in [0.5, 0.6) is 5.75 Å². The second-order valence-electron chi connectivity index (χ2n) is 9.89. The largest absolute Gasteiger partial charge is 0.491 e. The third kappa shape index (κ3) is 3.87. The lowest BCUT2D eigenvalue weighted by molar-refractivity contribution is -0.138. The third-order valence-corrected chi connectivity index (χ3v) is 8.62. The van der Waals surface area contributed by atoms with Gasteiger partial charge in [-0.05, 0) is 31.9 Å². The van der Waals surface area contributed by atoms with Crippen LogP contribution in [0, 0.1) is 18.8 Å². The van der Waals surface area contributed by atoms with Gasteiger partial charge in [0.25, 0.3) is 11.8 Å². The van der Waals surface area contributed by atoms with Crippen molar-refractivity contribution in [3.05, 3.63) is 40.5 Å². The van der Waals surface area contributed by atoms with Crippen molar-refractivity contribution in [3.63, 3.8) is 0 Å². The van der Waals surface area contributed by atoms with Crippen LogP contribution in [0.2, 0.25) is 0 Å². The van der Waals surface area contributed by atoms with Gasteiger partial charge in [-0.15, -0.1) is 11.3 Å². The second-order valence-corrected chi connectivity index (χ2v) is 10.9.